The molecule has 1 heterocycles. The van der Waals surface area contributed by atoms with Gasteiger partial charge in [0.25, 0.3) is 0 Å². The van der Waals surface area contributed by atoms with Gasteiger partial charge in [0.1, 0.15) is 5.84 Å². The zero-order valence-electron chi connectivity index (χ0n) is 6.89. The van der Waals surface area contributed by atoms with E-state index >= 15 is 0 Å². The van der Waals surface area contributed by atoms with E-state index in [9.17, 15) is 0 Å². The summed E-state index contributed by atoms with van der Waals surface area (Å²) in [4.78, 5) is 4.19. The Labute approximate surface area is 67.0 Å². The van der Waals surface area contributed by atoms with Crippen LogP contribution in [0.4, 0.5) is 0 Å². The number of nitrogens with one attached hydrogen (secondary N) is 1. The largest absolute Gasteiger partial charge is 0.346 e. The average Bonchev–Trinajstić information content (AvgIpc) is 2.31. The molecular weight excluding hydrogens is 136 g/mol. The van der Waals surface area contributed by atoms with Crippen LogP contribution in [0.2, 0.25) is 0 Å². The van der Waals surface area contributed by atoms with Crippen molar-refractivity contribution in [3.05, 3.63) is 36.2 Å². The van der Waals surface area contributed by atoms with Gasteiger partial charge in [-0.15, -0.1) is 0 Å². The molecule has 0 spiro atoms. The lowest BCUT2D eigenvalue weighted by atomic mass is 10.3. The topological polar surface area (TPSA) is 24.4 Å². The molecule has 0 aromatic carbocycles. The molecule has 0 amide bonds. The summed E-state index contributed by atoms with van der Waals surface area (Å²) >= 11 is 0. The molecule has 0 aromatic heterocycles. The number of amidine groups is 1. The van der Waals surface area contributed by atoms with Crippen molar-refractivity contribution in [1.82, 2.24) is 5.32 Å². The molecule has 1 aliphatic rings. The third kappa shape index (κ3) is 2.08. The molecule has 11 heavy (non-hydrogen) atoms. The maximum Gasteiger partial charge on any atom is 0.136 e. The predicted octanol–water partition coefficient (Wildman–Crippen LogP) is 1.98. The number of allylic oxidation sites excluding steroid dienone is 1. The van der Waals surface area contributed by atoms with Gasteiger partial charge < -0.3 is 5.32 Å². The fraction of sp³-hybridized carbons (Fsp3) is 0.222. The first-order valence-electron chi connectivity index (χ1n) is 3.53. The van der Waals surface area contributed by atoms with Crippen molar-refractivity contribution in [1.29, 1.82) is 0 Å². The summed E-state index contributed by atoms with van der Waals surface area (Å²) in [5.74, 6) is 0.839. The summed E-state index contributed by atoms with van der Waals surface area (Å²) in [7, 11) is 0. The Morgan fingerprint density at radius 1 is 1.64 bits per heavy atom. The molecule has 0 fully saturated rings. The van der Waals surface area contributed by atoms with E-state index in [4.69, 9.17) is 0 Å². The van der Waals surface area contributed by atoms with Crippen LogP contribution in [-0.2, 0) is 0 Å². The molecule has 1 N–H and O–H groups in total. The zero-order valence-corrected chi connectivity index (χ0v) is 6.89. The quantitative estimate of drug-likeness (QED) is 0.604. The second kappa shape index (κ2) is 3.19. The Balaban J connectivity index is 2.70. The van der Waals surface area contributed by atoms with E-state index in [0.29, 0.717) is 0 Å². The lowest BCUT2D eigenvalue weighted by molar-refractivity contribution is 1.27. The minimum Gasteiger partial charge on any atom is -0.346 e. The predicted molar refractivity (Wildman–Crippen MR) is 48.3 cm³/mol. The van der Waals surface area contributed by atoms with Gasteiger partial charge >= 0.3 is 0 Å². The van der Waals surface area contributed by atoms with E-state index in [1.807, 2.05) is 32.3 Å². The molecule has 2 nitrogen and oxygen atoms in total. The number of aliphatic imine (C=N–C) groups is 1. The van der Waals surface area contributed by atoms with Gasteiger partial charge in [0, 0.05) is 18.0 Å². The summed E-state index contributed by atoms with van der Waals surface area (Å²) in [6.45, 7) is 7.82. The molecule has 0 aliphatic carbocycles. The standard InChI is InChI=1S/C9H12N2/c1-7(2)6-11-9-8(3)4-5-10-9/h4-6H,3H2,1-2H3,(H,10,11). The molecule has 1 rings (SSSR count). The van der Waals surface area contributed by atoms with Gasteiger partial charge in [0.05, 0.1) is 0 Å². The SMILES string of the molecule is C=C1C=CNC1=NC=C(C)C. The van der Waals surface area contributed by atoms with Gasteiger partial charge in [-0.05, 0) is 19.9 Å². The van der Waals surface area contributed by atoms with Gasteiger partial charge in [-0.2, -0.15) is 0 Å². The summed E-state index contributed by atoms with van der Waals surface area (Å²) in [5, 5.41) is 2.99. The Morgan fingerprint density at radius 3 is 2.82 bits per heavy atom. The minimum atomic E-state index is 0.839. The monoisotopic (exact) mass is 148 g/mol. The third-order valence-electron chi connectivity index (χ3n) is 1.26. The molecule has 0 saturated carbocycles. The maximum atomic E-state index is 4.19. The van der Waals surface area contributed by atoms with E-state index in [1.54, 1.807) is 0 Å². The number of nitrogens with zero attached hydrogens (tertiary/aromatic N) is 1. The molecule has 2 heteroatoms. The highest BCUT2D eigenvalue weighted by molar-refractivity contribution is 6.03. The Kier molecular flexibility index (Phi) is 2.26. The van der Waals surface area contributed by atoms with Gasteiger partial charge in [-0.1, -0.05) is 12.2 Å². The fourth-order valence-electron chi connectivity index (χ4n) is 0.707. The molecule has 0 radical (unpaired) electrons. The number of rotatable bonds is 1. The molecule has 0 unspecified atom stereocenters. The smallest absolute Gasteiger partial charge is 0.136 e. The van der Waals surface area contributed by atoms with Crippen molar-refractivity contribution in [2.75, 3.05) is 0 Å². The molecule has 0 atom stereocenters. The second-order valence-electron chi connectivity index (χ2n) is 2.69. The van der Waals surface area contributed by atoms with Crippen LogP contribution in [0.5, 0.6) is 0 Å². The number of hydrogen-bond donors (Lipinski definition) is 1. The molecule has 1 aliphatic heterocycles. The first-order valence-corrected chi connectivity index (χ1v) is 3.53. The highest BCUT2D eigenvalue weighted by Gasteiger charge is 2.03. The second-order valence-corrected chi connectivity index (χ2v) is 2.69. The van der Waals surface area contributed by atoms with Crippen molar-refractivity contribution in [3.8, 4) is 0 Å². The van der Waals surface area contributed by atoms with Gasteiger partial charge in [-0.25, -0.2) is 4.99 Å². The van der Waals surface area contributed by atoms with Crippen LogP contribution in [0.15, 0.2) is 41.2 Å². The summed E-state index contributed by atoms with van der Waals surface area (Å²) < 4.78 is 0. The zero-order chi connectivity index (χ0) is 8.27. The molecule has 0 bridgehead atoms. The lowest BCUT2D eigenvalue weighted by Gasteiger charge is -1.95. The van der Waals surface area contributed by atoms with Crippen molar-refractivity contribution >= 4 is 5.84 Å². The summed E-state index contributed by atoms with van der Waals surface area (Å²) in [6.07, 6.45) is 5.55. The van der Waals surface area contributed by atoms with Gasteiger partial charge in [0.15, 0.2) is 0 Å². The molecular formula is C9H12N2. The lowest BCUT2D eigenvalue weighted by Crippen LogP contribution is -2.11. The van der Waals surface area contributed by atoms with Crippen molar-refractivity contribution in [3.63, 3.8) is 0 Å². The third-order valence-corrected chi connectivity index (χ3v) is 1.26. The maximum absolute atomic E-state index is 4.19. The van der Waals surface area contributed by atoms with E-state index in [1.165, 1.54) is 5.57 Å². The van der Waals surface area contributed by atoms with Crippen molar-refractivity contribution in [2.24, 2.45) is 4.99 Å². The highest BCUT2D eigenvalue weighted by Crippen LogP contribution is 2.02. The minimum absolute atomic E-state index is 0.839. The van der Waals surface area contributed by atoms with Gasteiger partial charge in [0.2, 0.25) is 0 Å². The summed E-state index contributed by atoms with van der Waals surface area (Å²) in [6, 6.07) is 0. The van der Waals surface area contributed by atoms with E-state index in [2.05, 4.69) is 16.9 Å². The average molecular weight is 148 g/mol. The van der Waals surface area contributed by atoms with Gasteiger partial charge in [-0.3, -0.25) is 0 Å². The normalized spacial score (nSPS) is 18.7. The van der Waals surface area contributed by atoms with Crippen molar-refractivity contribution < 1.29 is 0 Å². The van der Waals surface area contributed by atoms with E-state index in [0.717, 1.165) is 11.4 Å². The Morgan fingerprint density at radius 2 is 2.36 bits per heavy atom. The first-order chi connectivity index (χ1) is 5.20. The fourth-order valence-corrected chi connectivity index (χ4v) is 0.707. The molecule has 58 valence electrons. The van der Waals surface area contributed by atoms with E-state index < -0.39 is 0 Å². The Hall–Kier alpha value is -1.31. The van der Waals surface area contributed by atoms with Crippen LogP contribution in [0.3, 0.4) is 0 Å². The van der Waals surface area contributed by atoms with E-state index in [-0.39, 0.29) is 0 Å². The van der Waals surface area contributed by atoms with Crippen LogP contribution in [0.25, 0.3) is 0 Å². The highest BCUT2D eigenvalue weighted by atomic mass is 15.0. The van der Waals surface area contributed by atoms with Crippen LogP contribution in [0.1, 0.15) is 13.8 Å². The Bertz CT molecular complexity index is 253. The first kappa shape index (κ1) is 7.79. The molecule has 0 saturated heterocycles. The van der Waals surface area contributed by atoms with Crippen LogP contribution in [0, 0.1) is 0 Å². The van der Waals surface area contributed by atoms with Crippen LogP contribution < -0.4 is 5.32 Å². The summed E-state index contributed by atoms with van der Waals surface area (Å²) in [5.41, 5.74) is 2.11. The van der Waals surface area contributed by atoms with Crippen LogP contribution in [-0.4, -0.2) is 5.84 Å². The van der Waals surface area contributed by atoms with Crippen LogP contribution >= 0.6 is 0 Å². The van der Waals surface area contributed by atoms with Crippen molar-refractivity contribution in [2.45, 2.75) is 13.8 Å². The number of hydrogen-bond acceptors (Lipinski definition) is 1. The molecule has 0 aromatic rings.